The molecular weight excluding hydrogens is 360 g/mol. The van der Waals surface area contributed by atoms with E-state index in [0.717, 1.165) is 11.7 Å². The minimum Gasteiger partial charge on any atom is -0.366 e. The highest BCUT2D eigenvalue weighted by Crippen LogP contribution is 2.25. The number of hydrogen-bond donors (Lipinski definition) is 0. The molecule has 0 aliphatic carbocycles. The molecule has 0 aromatic heterocycles. The van der Waals surface area contributed by atoms with Crippen LogP contribution in [0.2, 0.25) is 0 Å². The van der Waals surface area contributed by atoms with Crippen molar-refractivity contribution in [3.05, 3.63) is 48.5 Å². The minimum absolute atomic E-state index is 0.240. The summed E-state index contributed by atoms with van der Waals surface area (Å²) < 4.78 is 25.7. The van der Waals surface area contributed by atoms with E-state index in [2.05, 4.69) is 9.98 Å². The molecule has 0 N–H and O–H groups in total. The summed E-state index contributed by atoms with van der Waals surface area (Å²) >= 11 is 0. The second-order valence-electron chi connectivity index (χ2n) is 6.60. The summed E-state index contributed by atoms with van der Waals surface area (Å²) in [6.45, 7) is 3.79. The van der Waals surface area contributed by atoms with Crippen molar-refractivity contribution in [2.75, 3.05) is 28.2 Å². The van der Waals surface area contributed by atoms with E-state index in [4.69, 9.17) is 0 Å². The highest BCUT2D eigenvalue weighted by Gasteiger charge is 2.17. The van der Waals surface area contributed by atoms with Crippen molar-refractivity contribution >= 4 is 32.9 Å². The zero-order chi connectivity index (χ0) is 20.2. The first kappa shape index (κ1) is 20.6. The predicted molar refractivity (Wildman–Crippen MR) is 111 cm³/mol. The van der Waals surface area contributed by atoms with Crippen LogP contribution in [0.1, 0.15) is 13.8 Å². The van der Waals surface area contributed by atoms with Crippen LogP contribution in [0.15, 0.2) is 68.3 Å². The molecule has 0 amide bonds. The summed E-state index contributed by atoms with van der Waals surface area (Å²) in [4.78, 5) is 13.1. The van der Waals surface area contributed by atoms with Crippen molar-refractivity contribution in [3.8, 4) is 0 Å². The Labute approximate surface area is 161 Å². The molecule has 0 saturated carbocycles. The first-order chi connectivity index (χ1) is 12.6. The highest BCUT2D eigenvalue weighted by molar-refractivity contribution is 7.91. The lowest BCUT2D eigenvalue weighted by Gasteiger charge is -2.11. The molecule has 0 saturated heterocycles. The molecule has 0 fully saturated rings. The van der Waals surface area contributed by atoms with E-state index in [-0.39, 0.29) is 9.79 Å². The predicted octanol–water partition coefficient (Wildman–Crippen LogP) is 3.74. The largest absolute Gasteiger partial charge is 0.366 e. The van der Waals surface area contributed by atoms with Gasteiger partial charge in [0.05, 0.1) is 21.2 Å². The zero-order valence-corrected chi connectivity index (χ0v) is 17.4. The molecule has 2 aromatic rings. The van der Waals surface area contributed by atoms with E-state index < -0.39 is 9.84 Å². The van der Waals surface area contributed by atoms with Gasteiger partial charge in [-0.2, -0.15) is 0 Å². The molecule has 0 aliphatic rings. The number of nitrogens with zero attached hydrogens (tertiary/aromatic N) is 4. The molecule has 0 radical (unpaired) electrons. The van der Waals surface area contributed by atoms with Gasteiger partial charge in [0.25, 0.3) is 0 Å². The van der Waals surface area contributed by atoms with E-state index in [0.29, 0.717) is 11.4 Å². The lowest BCUT2D eigenvalue weighted by atomic mass is 10.3. The average molecular weight is 387 g/mol. The molecular formula is C20H26N4O2S. The van der Waals surface area contributed by atoms with Crippen LogP contribution in [-0.4, -0.2) is 58.1 Å². The molecule has 2 aromatic carbocycles. The van der Waals surface area contributed by atoms with Crippen molar-refractivity contribution in [1.82, 2.24) is 9.80 Å². The SMILES string of the molecule is CC(=Nc1ccc(S(=O)(=O)c2ccc(N=C(C)N(C)C)cc2)cc1)N(C)C. The van der Waals surface area contributed by atoms with Crippen molar-refractivity contribution in [2.24, 2.45) is 9.98 Å². The fourth-order valence-electron chi connectivity index (χ4n) is 2.11. The van der Waals surface area contributed by atoms with Crippen LogP contribution in [0.25, 0.3) is 0 Å². The Morgan fingerprint density at radius 3 is 1.22 bits per heavy atom. The van der Waals surface area contributed by atoms with Crippen molar-refractivity contribution in [1.29, 1.82) is 0 Å². The van der Waals surface area contributed by atoms with Crippen LogP contribution in [-0.2, 0) is 9.84 Å². The molecule has 7 heteroatoms. The smallest absolute Gasteiger partial charge is 0.206 e. The normalized spacial score (nSPS) is 12.8. The molecule has 0 unspecified atom stereocenters. The van der Waals surface area contributed by atoms with Crippen LogP contribution in [0.4, 0.5) is 11.4 Å². The maximum absolute atomic E-state index is 12.8. The molecule has 144 valence electrons. The van der Waals surface area contributed by atoms with Gasteiger partial charge in [-0.25, -0.2) is 18.4 Å². The Morgan fingerprint density at radius 2 is 0.963 bits per heavy atom. The first-order valence-corrected chi connectivity index (χ1v) is 10.00. The van der Waals surface area contributed by atoms with Crippen LogP contribution in [0, 0.1) is 0 Å². The van der Waals surface area contributed by atoms with Gasteiger partial charge < -0.3 is 9.80 Å². The molecule has 6 nitrogen and oxygen atoms in total. The van der Waals surface area contributed by atoms with E-state index in [1.807, 2.05) is 51.8 Å². The van der Waals surface area contributed by atoms with Gasteiger partial charge in [0.2, 0.25) is 9.84 Å². The topological polar surface area (TPSA) is 65.3 Å². The maximum Gasteiger partial charge on any atom is 0.206 e. The summed E-state index contributed by atoms with van der Waals surface area (Å²) in [5.41, 5.74) is 1.42. The van der Waals surface area contributed by atoms with Gasteiger partial charge in [-0.1, -0.05) is 0 Å². The van der Waals surface area contributed by atoms with Gasteiger partial charge in [-0.3, -0.25) is 0 Å². The van der Waals surface area contributed by atoms with Crippen LogP contribution in [0.3, 0.4) is 0 Å². The van der Waals surface area contributed by atoms with E-state index in [9.17, 15) is 8.42 Å². The number of rotatable bonds is 4. The van der Waals surface area contributed by atoms with Gasteiger partial charge in [0, 0.05) is 28.2 Å². The Bertz CT molecular complexity index is 869. The number of aliphatic imine (C=N–C) groups is 2. The van der Waals surface area contributed by atoms with E-state index in [1.54, 1.807) is 48.5 Å². The van der Waals surface area contributed by atoms with Gasteiger partial charge in [0.1, 0.15) is 11.7 Å². The number of hydrogen-bond acceptors (Lipinski definition) is 4. The highest BCUT2D eigenvalue weighted by atomic mass is 32.2. The van der Waals surface area contributed by atoms with Gasteiger partial charge in [-0.05, 0) is 62.4 Å². The Morgan fingerprint density at radius 1 is 0.667 bits per heavy atom. The summed E-state index contributed by atoms with van der Waals surface area (Å²) in [5.74, 6) is 1.68. The second-order valence-corrected chi connectivity index (χ2v) is 8.55. The summed E-state index contributed by atoms with van der Waals surface area (Å²) in [6, 6.07) is 13.2. The summed E-state index contributed by atoms with van der Waals surface area (Å²) in [6.07, 6.45) is 0. The van der Waals surface area contributed by atoms with E-state index in [1.165, 1.54) is 0 Å². The third-order valence-electron chi connectivity index (χ3n) is 4.17. The number of benzene rings is 2. The Kier molecular flexibility index (Phi) is 6.38. The fraction of sp³-hybridized carbons (Fsp3) is 0.300. The minimum atomic E-state index is -3.58. The van der Waals surface area contributed by atoms with Gasteiger partial charge in [-0.15, -0.1) is 0 Å². The molecule has 0 bridgehead atoms. The van der Waals surface area contributed by atoms with Crippen molar-refractivity contribution in [2.45, 2.75) is 23.6 Å². The molecule has 0 aliphatic heterocycles. The Hall–Kier alpha value is -2.67. The maximum atomic E-state index is 12.8. The van der Waals surface area contributed by atoms with E-state index >= 15 is 0 Å². The third-order valence-corrected chi connectivity index (χ3v) is 5.96. The summed E-state index contributed by atoms with van der Waals surface area (Å²) in [5, 5.41) is 0. The molecule has 0 spiro atoms. The van der Waals surface area contributed by atoms with Crippen molar-refractivity contribution < 1.29 is 8.42 Å². The van der Waals surface area contributed by atoms with Crippen LogP contribution in [0.5, 0.6) is 0 Å². The lowest BCUT2D eigenvalue weighted by Crippen LogP contribution is -2.17. The van der Waals surface area contributed by atoms with Crippen LogP contribution >= 0.6 is 0 Å². The standard InChI is InChI=1S/C20H26N4O2S/c1-15(23(3)4)21-17-7-11-19(12-8-17)27(25,26)20-13-9-18(10-14-20)22-16(2)24(5)6/h7-14H,1-6H3. The quantitative estimate of drug-likeness (QED) is 0.593. The Balaban J connectivity index is 2.28. The number of amidine groups is 2. The monoisotopic (exact) mass is 386 g/mol. The third kappa shape index (κ3) is 5.17. The first-order valence-electron chi connectivity index (χ1n) is 8.51. The molecule has 0 heterocycles. The second kappa shape index (κ2) is 8.35. The molecule has 0 atom stereocenters. The van der Waals surface area contributed by atoms with Gasteiger partial charge in [0.15, 0.2) is 0 Å². The molecule has 2 rings (SSSR count). The fourth-order valence-corrected chi connectivity index (χ4v) is 3.37. The number of sulfone groups is 1. The van der Waals surface area contributed by atoms with Crippen molar-refractivity contribution in [3.63, 3.8) is 0 Å². The van der Waals surface area contributed by atoms with Crippen LogP contribution < -0.4 is 0 Å². The summed E-state index contributed by atoms with van der Waals surface area (Å²) in [7, 11) is 4.05. The lowest BCUT2D eigenvalue weighted by molar-refractivity contribution is 0.596. The zero-order valence-electron chi connectivity index (χ0n) is 16.6. The average Bonchev–Trinajstić information content (AvgIpc) is 2.62. The molecule has 27 heavy (non-hydrogen) atoms. The van der Waals surface area contributed by atoms with Gasteiger partial charge >= 0.3 is 0 Å².